The second-order valence-electron chi connectivity index (χ2n) is 6.09. The molecule has 2 aromatic rings. The van der Waals surface area contributed by atoms with Gasteiger partial charge in [0.2, 0.25) is 0 Å². The van der Waals surface area contributed by atoms with Crippen LogP contribution in [0.5, 0.6) is 0 Å². The fraction of sp³-hybridized carbons (Fsp3) is 0.533. The molecule has 2 aliphatic carbocycles. The van der Waals surface area contributed by atoms with Gasteiger partial charge in [0.15, 0.2) is 0 Å². The third kappa shape index (κ3) is 2.01. The van der Waals surface area contributed by atoms with Crippen LogP contribution in [0.3, 0.4) is 0 Å². The van der Waals surface area contributed by atoms with E-state index in [-0.39, 0.29) is 5.69 Å². The van der Waals surface area contributed by atoms with Crippen molar-refractivity contribution < 1.29 is 0 Å². The molecular formula is C15H16Br2N2O. The molecular weight excluding hydrogens is 384 g/mol. The molecule has 0 spiro atoms. The van der Waals surface area contributed by atoms with Gasteiger partial charge in [-0.2, -0.15) is 0 Å². The minimum Gasteiger partial charge on any atom is -0.306 e. The maximum atomic E-state index is 11.4. The van der Waals surface area contributed by atoms with Gasteiger partial charge in [0, 0.05) is 9.30 Å². The lowest BCUT2D eigenvalue weighted by atomic mass is 10.0. The van der Waals surface area contributed by atoms with E-state index in [1.807, 2.05) is 6.07 Å². The van der Waals surface area contributed by atoms with E-state index in [1.54, 1.807) is 0 Å². The monoisotopic (exact) mass is 398 g/mol. The van der Waals surface area contributed by atoms with Crippen molar-refractivity contribution in [2.24, 2.45) is 17.8 Å². The highest BCUT2D eigenvalue weighted by Crippen LogP contribution is 2.63. The van der Waals surface area contributed by atoms with Crippen molar-refractivity contribution in [3.63, 3.8) is 0 Å². The fourth-order valence-corrected chi connectivity index (χ4v) is 6.03. The van der Waals surface area contributed by atoms with Gasteiger partial charge in [-0.1, -0.05) is 44.7 Å². The summed E-state index contributed by atoms with van der Waals surface area (Å²) in [6, 6.07) is 4.10. The predicted octanol–water partition coefficient (Wildman–Crippen LogP) is 4.49. The fourth-order valence-electron chi connectivity index (χ4n) is 3.97. The number of H-pyrrole nitrogens is 2. The van der Waals surface area contributed by atoms with Gasteiger partial charge in [-0.25, -0.2) is 4.79 Å². The first-order chi connectivity index (χ1) is 9.65. The van der Waals surface area contributed by atoms with Crippen LogP contribution in [-0.4, -0.2) is 9.97 Å². The van der Waals surface area contributed by atoms with Crippen LogP contribution in [0.15, 0.2) is 21.4 Å². The van der Waals surface area contributed by atoms with E-state index in [9.17, 15) is 4.79 Å². The minimum atomic E-state index is -0.143. The summed E-state index contributed by atoms with van der Waals surface area (Å²) in [5, 5.41) is 0. The molecule has 2 N–H and O–H groups in total. The summed E-state index contributed by atoms with van der Waals surface area (Å²) < 4.78 is 1.07. The summed E-state index contributed by atoms with van der Waals surface area (Å²) in [4.78, 5) is 17.4. The first-order valence-electron chi connectivity index (χ1n) is 7.20. The van der Waals surface area contributed by atoms with E-state index in [2.05, 4.69) is 47.9 Å². The van der Waals surface area contributed by atoms with Gasteiger partial charge in [0.05, 0.1) is 11.0 Å². The van der Waals surface area contributed by atoms with Gasteiger partial charge in [-0.05, 0) is 48.3 Å². The molecule has 0 radical (unpaired) electrons. The number of alkyl halides is 1. The second-order valence-corrected chi connectivity index (χ2v) is 7.93. The number of hydrogen-bond acceptors (Lipinski definition) is 1. The normalized spacial score (nSPS) is 30.2. The van der Waals surface area contributed by atoms with Crippen LogP contribution in [0.4, 0.5) is 0 Å². The highest BCUT2D eigenvalue weighted by molar-refractivity contribution is 9.11. The highest BCUT2D eigenvalue weighted by atomic mass is 79.9. The average Bonchev–Trinajstić information content (AvgIpc) is 3.04. The number of fused-ring (bicyclic) bond motifs is 2. The second kappa shape index (κ2) is 4.73. The lowest BCUT2D eigenvalue weighted by Gasteiger charge is -2.12. The molecule has 2 saturated carbocycles. The van der Waals surface area contributed by atoms with E-state index in [0.717, 1.165) is 33.3 Å². The Morgan fingerprint density at radius 3 is 2.35 bits per heavy atom. The van der Waals surface area contributed by atoms with Crippen LogP contribution in [0.1, 0.15) is 36.1 Å². The predicted molar refractivity (Wildman–Crippen MR) is 87.2 cm³/mol. The number of benzene rings is 1. The number of nitrogens with one attached hydrogen (secondary N) is 2. The maximum absolute atomic E-state index is 11.4. The van der Waals surface area contributed by atoms with Crippen molar-refractivity contribution in [2.75, 3.05) is 0 Å². The van der Waals surface area contributed by atoms with Gasteiger partial charge < -0.3 is 9.97 Å². The van der Waals surface area contributed by atoms with Crippen molar-refractivity contribution >= 4 is 42.9 Å². The maximum Gasteiger partial charge on any atom is 0.323 e. The zero-order valence-electron chi connectivity index (χ0n) is 11.0. The number of hydrogen-bond donors (Lipinski definition) is 2. The third-order valence-electron chi connectivity index (χ3n) is 4.99. The summed E-state index contributed by atoms with van der Waals surface area (Å²) in [7, 11) is 0. The smallest absolute Gasteiger partial charge is 0.306 e. The van der Waals surface area contributed by atoms with Crippen LogP contribution in [-0.2, 0) is 0 Å². The Hall–Kier alpha value is -0.550. The summed E-state index contributed by atoms with van der Waals surface area (Å²) >= 11 is 7.57. The zero-order valence-corrected chi connectivity index (χ0v) is 14.1. The molecule has 2 aliphatic rings. The Balaban J connectivity index is 1.70. The number of imidazole rings is 1. The molecule has 1 aromatic carbocycles. The zero-order chi connectivity index (χ0) is 13.9. The SMILES string of the molecule is O=c1[nH]c2cc(Br)c(C(Br)C3C4CCCCC43)cc2[nH]1. The summed E-state index contributed by atoms with van der Waals surface area (Å²) in [6.45, 7) is 0. The quantitative estimate of drug-likeness (QED) is 0.718. The van der Waals surface area contributed by atoms with Crippen molar-refractivity contribution in [3.05, 3.63) is 32.7 Å². The molecule has 2 fully saturated rings. The van der Waals surface area contributed by atoms with E-state index < -0.39 is 0 Å². The van der Waals surface area contributed by atoms with Crippen molar-refractivity contribution in [3.8, 4) is 0 Å². The molecule has 0 saturated heterocycles. The molecule has 3 atom stereocenters. The van der Waals surface area contributed by atoms with Crippen molar-refractivity contribution in [1.29, 1.82) is 0 Å². The van der Waals surface area contributed by atoms with Gasteiger partial charge in [0.25, 0.3) is 0 Å². The molecule has 5 heteroatoms. The molecule has 4 rings (SSSR count). The van der Waals surface area contributed by atoms with Crippen LogP contribution < -0.4 is 5.69 Å². The first-order valence-corrected chi connectivity index (χ1v) is 8.91. The molecule has 0 amide bonds. The largest absolute Gasteiger partial charge is 0.323 e. The number of aromatic amines is 2. The minimum absolute atomic E-state index is 0.143. The molecule has 0 aliphatic heterocycles. The number of halogens is 2. The van der Waals surface area contributed by atoms with Gasteiger partial charge in [-0.3, -0.25) is 0 Å². The van der Waals surface area contributed by atoms with Crippen molar-refractivity contribution in [1.82, 2.24) is 9.97 Å². The summed E-state index contributed by atoms with van der Waals surface area (Å²) in [6.07, 6.45) is 5.56. The Labute approximate surface area is 133 Å². The Kier molecular flexibility index (Phi) is 3.11. The Bertz CT molecular complexity index is 708. The Morgan fingerprint density at radius 2 is 1.70 bits per heavy atom. The van der Waals surface area contributed by atoms with E-state index in [0.29, 0.717) is 4.83 Å². The lowest BCUT2D eigenvalue weighted by Crippen LogP contribution is -1.99. The summed E-state index contributed by atoms with van der Waals surface area (Å²) in [5.74, 6) is 2.57. The molecule has 3 unspecified atom stereocenters. The van der Waals surface area contributed by atoms with Crippen LogP contribution in [0.25, 0.3) is 11.0 Å². The molecule has 106 valence electrons. The molecule has 1 aromatic heterocycles. The summed E-state index contributed by atoms with van der Waals surface area (Å²) in [5.41, 5.74) is 2.86. The average molecular weight is 400 g/mol. The molecule has 0 bridgehead atoms. The third-order valence-corrected chi connectivity index (χ3v) is 6.78. The lowest BCUT2D eigenvalue weighted by molar-refractivity contribution is 0.480. The van der Waals surface area contributed by atoms with Crippen molar-refractivity contribution in [2.45, 2.75) is 30.5 Å². The van der Waals surface area contributed by atoms with Crippen LogP contribution in [0.2, 0.25) is 0 Å². The van der Waals surface area contributed by atoms with E-state index >= 15 is 0 Å². The van der Waals surface area contributed by atoms with E-state index in [1.165, 1.54) is 31.2 Å². The van der Waals surface area contributed by atoms with Gasteiger partial charge >= 0.3 is 5.69 Å². The Morgan fingerprint density at radius 1 is 1.10 bits per heavy atom. The van der Waals surface area contributed by atoms with Crippen LogP contribution >= 0.6 is 31.9 Å². The first kappa shape index (κ1) is 13.1. The van der Waals surface area contributed by atoms with Crippen LogP contribution in [0, 0.1) is 17.8 Å². The number of rotatable bonds is 2. The van der Waals surface area contributed by atoms with E-state index in [4.69, 9.17) is 0 Å². The van der Waals surface area contributed by atoms with Gasteiger partial charge in [0.1, 0.15) is 0 Å². The number of aromatic nitrogens is 2. The topological polar surface area (TPSA) is 48.6 Å². The molecule has 1 heterocycles. The highest BCUT2D eigenvalue weighted by Gasteiger charge is 2.53. The molecule has 3 nitrogen and oxygen atoms in total. The molecule has 20 heavy (non-hydrogen) atoms. The standard InChI is InChI=1S/C15H16Br2N2O/c16-10-6-12-11(18-15(20)19-12)5-9(10)14(17)13-7-3-1-2-4-8(7)13/h5-8,13-14H,1-4H2,(H2,18,19,20). The van der Waals surface area contributed by atoms with Gasteiger partial charge in [-0.15, -0.1) is 0 Å².